The van der Waals surface area contributed by atoms with Crippen molar-refractivity contribution >= 4 is 28.4 Å². The van der Waals surface area contributed by atoms with Crippen LogP contribution in [0.2, 0.25) is 0 Å². The zero-order chi connectivity index (χ0) is 20.8. The summed E-state index contributed by atoms with van der Waals surface area (Å²) in [5, 5.41) is 10.2. The number of rotatable bonds is 8. The van der Waals surface area contributed by atoms with Crippen LogP contribution in [0.5, 0.6) is 0 Å². The van der Waals surface area contributed by atoms with E-state index in [1.54, 1.807) is 23.6 Å². The van der Waals surface area contributed by atoms with Gasteiger partial charge in [-0.2, -0.15) is 9.61 Å². The first-order valence-electron chi connectivity index (χ1n) is 9.74. The van der Waals surface area contributed by atoms with Crippen LogP contribution in [0.3, 0.4) is 0 Å². The smallest absolute Gasteiger partial charge is 0.161 e. The minimum absolute atomic E-state index is 0.658. The van der Waals surface area contributed by atoms with E-state index in [0.29, 0.717) is 6.54 Å². The maximum Gasteiger partial charge on any atom is 0.161 e. The summed E-state index contributed by atoms with van der Waals surface area (Å²) in [7, 11) is 0. The van der Waals surface area contributed by atoms with Gasteiger partial charge in [0, 0.05) is 41.9 Å². The van der Waals surface area contributed by atoms with E-state index in [1.165, 1.54) is 4.88 Å². The van der Waals surface area contributed by atoms with E-state index in [4.69, 9.17) is 4.98 Å². The van der Waals surface area contributed by atoms with Crippen molar-refractivity contribution in [3.63, 3.8) is 0 Å². The van der Waals surface area contributed by atoms with Gasteiger partial charge in [-0.05, 0) is 35.6 Å². The van der Waals surface area contributed by atoms with E-state index in [0.717, 1.165) is 40.3 Å². The van der Waals surface area contributed by atoms with Crippen LogP contribution in [0.1, 0.15) is 28.6 Å². The number of anilines is 1. The van der Waals surface area contributed by atoms with Gasteiger partial charge in [-0.25, -0.2) is 4.98 Å². The molecule has 0 bridgehead atoms. The molecule has 0 atom stereocenters. The molecular weight excluding hydrogens is 390 g/mol. The van der Waals surface area contributed by atoms with Crippen molar-refractivity contribution in [2.24, 2.45) is 0 Å². The summed E-state index contributed by atoms with van der Waals surface area (Å²) in [6, 6.07) is 10.3. The molecule has 6 heteroatoms. The van der Waals surface area contributed by atoms with Crippen molar-refractivity contribution in [3.05, 3.63) is 107 Å². The number of nitrogens with one attached hydrogen (secondary N) is 1. The number of thiophene rings is 1. The maximum absolute atomic E-state index is 4.93. The number of hydrogen-bond acceptors (Lipinski definition) is 5. The average Bonchev–Trinajstić information content (AvgIpc) is 3.43. The van der Waals surface area contributed by atoms with Gasteiger partial charge >= 0.3 is 0 Å². The van der Waals surface area contributed by atoms with Crippen LogP contribution >= 0.6 is 11.3 Å². The highest BCUT2D eigenvalue weighted by molar-refractivity contribution is 7.09. The van der Waals surface area contributed by atoms with Crippen LogP contribution in [0, 0.1) is 0 Å². The van der Waals surface area contributed by atoms with E-state index in [9.17, 15) is 0 Å². The van der Waals surface area contributed by atoms with Crippen molar-refractivity contribution in [1.82, 2.24) is 19.6 Å². The third-order valence-corrected chi connectivity index (χ3v) is 5.56. The zero-order valence-electron chi connectivity index (χ0n) is 16.8. The van der Waals surface area contributed by atoms with Crippen LogP contribution in [-0.2, 0) is 13.0 Å². The molecule has 0 radical (unpaired) electrons. The van der Waals surface area contributed by atoms with Gasteiger partial charge in [0.1, 0.15) is 5.82 Å². The molecule has 4 aromatic rings. The molecule has 0 amide bonds. The lowest BCUT2D eigenvalue weighted by molar-refractivity contribution is 0.920. The first-order chi connectivity index (χ1) is 14.7. The normalized spacial score (nSPS) is 12.0. The second kappa shape index (κ2) is 9.33. The van der Waals surface area contributed by atoms with E-state index in [2.05, 4.69) is 52.5 Å². The maximum atomic E-state index is 4.93. The predicted octanol–water partition coefficient (Wildman–Crippen LogP) is 5.53. The van der Waals surface area contributed by atoms with Gasteiger partial charge in [-0.1, -0.05) is 43.0 Å². The number of pyridine rings is 1. The Hall–Kier alpha value is -3.51. The first-order valence-corrected chi connectivity index (χ1v) is 10.6. The Balaban J connectivity index is 1.73. The number of allylic oxidation sites excluding steroid dienone is 5. The van der Waals surface area contributed by atoms with Gasteiger partial charge in [-0.3, -0.25) is 4.98 Å². The summed E-state index contributed by atoms with van der Waals surface area (Å²) >= 11 is 1.75. The van der Waals surface area contributed by atoms with E-state index >= 15 is 0 Å². The minimum Gasteiger partial charge on any atom is -0.366 e. The van der Waals surface area contributed by atoms with Crippen LogP contribution in [-0.4, -0.2) is 19.6 Å². The third-order valence-electron chi connectivity index (χ3n) is 4.68. The molecule has 30 heavy (non-hydrogen) atoms. The fourth-order valence-electron chi connectivity index (χ4n) is 3.12. The van der Waals surface area contributed by atoms with Crippen LogP contribution < -0.4 is 5.32 Å². The zero-order valence-corrected chi connectivity index (χ0v) is 17.6. The van der Waals surface area contributed by atoms with E-state index < -0.39 is 0 Å². The lowest BCUT2D eigenvalue weighted by atomic mass is 10.1. The van der Waals surface area contributed by atoms with Crippen molar-refractivity contribution in [3.8, 4) is 0 Å². The number of fused-ring (bicyclic) bond motifs is 1. The molecule has 4 heterocycles. The lowest BCUT2D eigenvalue weighted by Crippen LogP contribution is -2.08. The van der Waals surface area contributed by atoms with E-state index in [-0.39, 0.29) is 0 Å². The fraction of sp³-hybridized carbons (Fsp3) is 0.125. The molecule has 0 fully saturated rings. The molecular formula is C24H23N5S. The van der Waals surface area contributed by atoms with Gasteiger partial charge in [0.05, 0.1) is 11.9 Å². The monoisotopic (exact) mass is 413 g/mol. The van der Waals surface area contributed by atoms with Crippen LogP contribution in [0.25, 0.3) is 11.2 Å². The van der Waals surface area contributed by atoms with Crippen molar-refractivity contribution in [2.45, 2.75) is 19.9 Å². The number of aromatic nitrogens is 4. The summed E-state index contributed by atoms with van der Waals surface area (Å²) in [5.41, 5.74) is 5.07. The fourth-order valence-corrected chi connectivity index (χ4v) is 3.85. The highest BCUT2D eigenvalue weighted by Crippen LogP contribution is 2.24. The Morgan fingerprint density at radius 3 is 2.93 bits per heavy atom. The predicted molar refractivity (Wildman–Crippen MR) is 125 cm³/mol. The largest absolute Gasteiger partial charge is 0.366 e. The third kappa shape index (κ3) is 4.55. The summed E-state index contributed by atoms with van der Waals surface area (Å²) < 4.78 is 1.88. The Bertz CT molecular complexity index is 1190. The molecule has 4 aromatic heterocycles. The van der Waals surface area contributed by atoms with E-state index in [1.807, 2.05) is 47.3 Å². The van der Waals surface area contributed by atoms with Gasteiger partial charge in [0.2, 0.25) is 0 Å². The molecule has 0 unspecified atom stereocenters. The molecule has 0 spiro atoms. The van der Waals surface area contributed by atoms with Crippen LogP contribution in [0.4, 0.5) is 5.82 Å². The van der Waals surface area contributed by atoms with Gasteiger partial charge in [0.25, 0.3) is 0 Å². The Morgan fingerprint density at radius 1 is 1.23 bits per heavy atom. The molecule has 4 rings (SSSR count). The molecule has 150 valence electrons. The lowest BCUT2D eigenvalue weighted by Gasteiger charge is -2.11. The molecule has 0 aliphatic carbocycles. The summed E-state index contributed by atoms with van der Waals surface area (Å²) in [4.78, 5) is 10.4. The second-order valence-corrected chi connectivity index (χ2v) is 7.91. The topological polar surface area (TPSA) is 55.1 Å². The summed E-state index contributed by atoms with van der Waals surface area (Å²) in [6.07, 6.45) is 14.1. The van der Waals surface area contributed by atoms with Gasteiger partial charge in [-0.15, -0.1) is 11.3 Å². The number of hydrogen-bond donors (Lipinski definition) is 1. The van der Waals surface area contributed by atoms with Crippen molar-refractivity contribution in [1.29, 1.82) is 0 Å². The molecule has 0 aliphatic heterocycles. The molecule has 5 nitrogen and oxygen atoms in total. The first kappa shape index (κ1) is 19.8. The highest BCUT2D eigenvalue weighted by Gasteiger charge is 2.13. The van der Waals surface area contributed by atoms with Gasteiger partial charge in [0.15, 0.2) is 5.65 Å². The quantitative estimate of drug-likeness (QED) is 0.386. The average molecular weight is 414 g/mol. The number of nitrogens with zero attached hydrogens (tertiary/aromatic N) is 4. The van der Waals surface area contributed by atoms with Crippen LogP contribution in [0.15, 0.2) is 85.2 Å². The van der Waals surface area contributed by atoms with Crippen molar-refractivity contribution < 1.29 is 0 Å². The Morgan fingerprint density at radius 2 is 2.17 bits per heavy atom. The molecule has 0 saturated heterocycles. The second-order valence-electron chi connectivity index (χ2n) is 6.87. The minimum atomic E-state index is 0.658. The standard InChI is InChI=1S/C24H23N5S/c1-3-4-5-8-18(2)22-14-23(26-16-19-9-6-11-25-15-19)29-24(28-22)20(17-27-29)13-21-10-7-12-30-21/h3-12,14-15,17,26H,1,13,16H2,2H3/b5-4-,18-8+. The highest BCUT2D eigenvalue weighted by atomic mass is 32.1. The molecule has 0 aliphatic rings. The Kier molecular flexibility index (Phi) is 6.15. The molecule has 0 aromatic carbocycles. The molecule has 0 saturated carbocycles. The van der Waals surface area contributed by atoms with Crippen molar-refractivity contribution in [2.75, 3.05) is 5.32 Å². The summed E-state index contributed by atoms with van der Waals surface area (Å²) in [5.74, 6) is 0.900. The summed E-state index contributed by atoms with van der Waals surface area (Å²) in [6.45, 7) is 6.44. The molecule has 1 N–H and O–H groups in total. The van der Waals surface area contributed by atoms with Gasteiger partial charge < -0.3 is 5.32 Å². The SMILES string of the molecule is C=C/C=C\C=C(/C)c1cc(NCc2cccnc2)n2ncc(Cc3cccs3)c2n1. The Labute approximate surface area is 180 Å².